The number of hydrogen-bond acceptors (Lipinski definition) is 6. The summed E-state index contributed by atoms with van der Waals surface area (Å²) >= 11 is 0. The zero-order chi connectivity index (χ0) is 16.7. The van der Waals surface area contributed by atoms with Gasteiger partial charge >= 0.3 is 41.3 Å². The Kier molecular flexibility index (Phi) is 9.92. The largest absolute Gasteiger partial charge is 3.00 e. The van der Waals surface area contributed by atoms with Crippen molar-refractivity contribution >= 4 is 11.8 Å². The van der Waals surface area contributed by atoms with Gasteiger partial charge in [0, 0.05) is 12.3 Å². The molecule has 0 radical (unpaired) electrons. The molecule has 0 bridgehead atoms. The van der Waals surface area contributed by atoms with Crippen LogP contribution in [0.3, 0.4) is 0 Å². The molecule has 1 aromatic rings. The molecule has 0 spiro atoms. The first-order valence-corrected chi connectivity index (χ1v) is 8.12. The summed E-state index contributed by atoms with van der Waals surface area (Å²) in [5.74, 6) is -1.30. The quantitative estimate of drug-likeness (QED) is 0.450. The first-order chi connectivity index (χ1) is 11.1. The maximum Gasteiger partial charge on any atom is 3.00 e. The fraction of sp³-hybridized carbons (Fsp3) is 0.733. The Bertz CT molecular complexity index is 531. The first-order valence-electron chi connectivity index (χ1n) is 8.12. The molecule has 2 amide bonds. The second-order valence-corrected chi connectivity index (χ2v) is 6.16. The summed E-state index contributed by atoms with van der Waals surface area (Å²) in [6.45, 7) is 0. The molecule has 1 aliphatic rings. The van der Waals surface area contributed by atoms with E-state index in [-0.39, 0.29) is 65.3 Å². The van der Waals surface area contributed by atoms with E-state index in [1.807, 2.05) is 0 Å². The average molecular weight is 464 g/mol. The van der Waals surface area contributed by atoms with Crippen molar-refractivity contribution in [1.29, 1.82) is 0 Å². The fourth-order valence-electron chi connectivity index (χ4n) is 3.20. The van der Waals surface area contributed by atoms with E-state index in [1.165, 1.54) is 32.1 Å². The molecule has 2 rings (SSSR count). The Morgan fingerprint density at radius 3 is 2.62 bits per heavy atom. The summed E-state index contributed by atoms with van der Waals surface area (Å²) in [4.78, 5) is 26.3. The molecular formula is C15H23N4O4Pr+2. The normalized spacial score (nSPS) is 16.2. The number of amides is 2. The molecule has 1 heterocycles. The smallest absolute Gasteiger partial charge is 0.661 e. The van der Waals surface area contributed by atoms with Crippen LogP contribution in [0.2, 0.25) is 0 Å². The van der Waals surface area contributed by atoms with Gasteiger partial charge in [-0.2, -0.15) is 4.98 Å². The van der Waals surface area contributed by atoms with Gasteiger partial charge in [0.1, 0.15) is 5.91 Å². The summed E-state index contributed by atoms with van der Waals surface area (Å²) in [6.07, 6.45) is 9.11. The number of nitrogens with zero attached hydrogens (tertiary/aromatic N) is 2. The molecule has 128 valence electrons. The molecule has 9 heteroatoms. The summed E-state index contributed by atoms with van der Waals surface area (Å²) < 4.78 is 5.01. The summed E-state index contributed by atoms with van der Waals surface area (Å²) in [7, 11) is 0. The average Bonchev–Trinajstić information content (AvgIpc) is 3.05. The van der Waals surface area contributed by atoms with Gasteiger partial charge in [0.05, 0.1) is 0 Å². The van der Waals surface area contributed by atoms with Crippen LogP contribution in [-0.2, 0) is 4.79 Å². The van der Waals surface area contributed by atoms with Gasteiger partial charge in [-0.15, -0.1) is 0 Å². The second-order valence-electron chi connectivity index (χ2n) is 6.16. The zero-order valence-corrected chi connectivity index (χ0v) is 17.4. The molecule has 8 nitrogen and oxygen atoms in total. The van der Waals surface area contributed by atoms with E-state index >= 15 is 0 Å². The van der Waals surface area contributed by atoms with Gasteiger partial charge in [0.2, 0.25) is 17.6 Å². The van der Waals surface area contributed by atoms with E-state index in [0.29, 0.717) is 6.42 Å². The molecule has 0 aromatic carbocycles. The molecule has 0 saturated heterocycles. The number of rotatable bonds is 8. The number of carbonyl (C=O) groups is 2. The van der Waals surface area contributed by atoms with Gasteiger partial charge in [0.25, 0.3) is 0 Å². The van der Waals surface area contributed by atoms with E-state index in [9.17, 15) is 9.59 Å². The third-order valence-corrected chi connectivity index (χ3v) is 4.44. The molecule has 3 N–H and O–H groups in total. The molecule has 1 saturated carbocycles. The Labute approximate surface area is 174 Å². The zero-order valence-electron chi connectivity index (χ0n) is 13.7. The SMILES string of the molecule is [NH-]C(=O)c1noc(C(CCCC2CCCCC2)CC(=O)NO)n1.[Pr+3]. The molecule has 1 aromatic heterocycles. The van der Waals surface area contributed by atoms with Gasteiger partial charge in [-0.25, -0.2) is 5.48 Å². The van der Waals surface area contributed by atoms with Crippen LogP contribution in [0.1, 0.15) is 80.2 Å². The minimum absolute atomic E-state index is 0. The maximum atomic E-state index is 11.4. The number of aromatic nitrogens is 2. The van der Waals surface area contributed by atoms with Crippen LogP contribution in [0.5, 0.6) is 0 Å². The van der Waals surface area contributed by atoms with Crippen LogP contribution >= 0.6 is 0 Å². The standard InChI is InChI=1S/C15H24N4O4.Pr/c16-13(21)14-17-15(23-19-14)11(9-12(20)18-22)8-4-7-10-5-2-1-3-6-10;/h10-11H,1-9H2,(H4,16,18,19,20,21,22);/q;+3/p-1. The molecule has 1 aliphatic carbocycles. The number of carbonyl (C=O) groups excluding carboxylic acids is 2. The van der Waals surface area contributed by atoms with E-state index in [1.54, 1.807) is 5.48 Å². The Morgan fingerprint density at radius 1 is 1.33 bits per heavy atom. The molecule has 0 aliphatic heterocycles. The fourth-order valence-corrected chi connectivity index (χ4v) is 3.20. The predicted molar refractivity (Wildman–Crippen MR) is 80.7 cm³/mol. The summed E-state index contributed by atoms with van der Waals surface area (Å²) in [5.41, 5.74) is 8.58. The van der Waals surface area contributed by atoms with E-state index in [0.717, 1.165) is 18.8 Å². The molecular weight excluding hydrogens is 441 g/mol. The molecule has 1 fully saturated rings. The van der Waals surface area contributed by atoms with Gasteiger partial charge < -0.3 is 15.1 Å². The molecule has 1 unspecified atom stereocenters. The first kappa shape index (κ1) is 21.4. The van der Waals surface area contributed by atoms with Gasteiger partial charge in [-0.1, -0.05) is 50.1 Å². The van der Waals surface area contributed by atoms with E-state index < -0.39 is 11.8 Å². The maximum absolute atomic E-state index is 11.4. The summed E-state index contributed by atoms with van der Waals surface area (Å²) in [5, 5.41) is 12.2. The van der Waals surface area contributed by atoms with Crippen molar-refractivity contribution < 1.29 is 60.6 Å². The minimum Gasteiger partial charge on any atom is -0.661 e. The monoisotopic (exact) mass is 464 g/mol. The van der Waals surface area contributed by atoms with Crippen molar-refractivity contribution in [3.05, 3.63) is 17.4 Å². The minimum atomic E-state index is -1.02. The van der Waals surface area contributed by atoms with Gasteiger partial charge in [-0.3, -0.25) is 10.0 Å². The third-order valence-electron chi connectivity index (χ3n) is 4.44. The number of hydrogen-bond donors (Lipinski definition) is 2. The Balaban J connectivity index is 0.00000288. The van der Waals surface area contributed by atoms with E-state index in [2.05, 4.69) is 10.1 Å². The Hall–Kier alpha value is -0.596. The Morgan fingerprint density at radius 2 is 2.04 bits per heavy atom. The van der Waals surface area contributed by atoms with Crippen LogP contribution in [0, 0.1) is 47.2 Å². The molecule has 24 heavy (non-hydrogen) atoms. The van der Waals surface area contributed by atoms with Gasteiger partial charge in [-0.05, 0) is 12.3 Å². The van der Waals surface area contributed by atoms with Crippen molar-refractivity contribution in [2.24, 2.45) is 5.92 Å². The van der Waals surface area contributed by atoms with Crippen LogP contribution in [0.4, 0.5) is 0 Å². The molecule has 1 atom stereocenters. The van der Waals surface area contributed by atoms with E-state index in [4.69, 9.17) is 15.5 Å². The third kappa shape index (κ3) is 6.72. The van der Waals surface area contributed by atoms with Crippen LogP contribution in [0.15, 0.2) is 4.52 Å². The van der Waals surface area contributed by atoms with Crippen molar-refractivity contribution in [2.75, 3.05) is 0 Å². The van der Waals surface area contributed by atoms with Crippen LogP contribution in [0.25, 0.3) is 5.73 Å². The number of hydroxylamine groups is 1. The van der Waals surface area contributed by atoms with Crippen LogP contribution < -0.4 is 5.48 Å². The van der Waals surface area contributed by atoms with Crippen molar-refractivity contribution in [3.63, 3.8) is 0 Å². The number of nitrogens with one attached hydrogen (secondary N) is 2. The van der Waals surface area contributed by atoms with Crippen LogP contribution in [-0.4, -0.2) is 27.2 Å². The summed E-state index contributed by atoms with van der Waals surface area (Å²) in [6, 6.07) is 0. The van der Waals surface area contributed by atoms with Crippen molar-refractivity contribution in [3.8, 4) is 0 Å². The van der Waals surface area contributed by atoms with Crippen molar-refractivity contribution in [1.82, 2.24) is 15.6 Å². The van der Waals surface area contributed by atoms with Crippen molar-refractivity contribution in [2.45, 2.75) is 63.7 Å². The predicted octanol–water partition coefficient (Wildman–Crippen LogP) is 2.99. The topological polar surface area (TPSA) is 129 Å². The second kappa shape index (κ2) is 11.1. The van der Waals surface area contributed by atoms with Gasteiger partial charge in [0.15, 0.2) is 0 Å².